The summed E-state index contributed by atoms with van der Waals surface area (Å²) in [5.74, 6) is -0.305. The molecule has 1 unspecified atom stereocenters. The van der Waals surface area contributed by atoms with Crippen LogP contribution in [0.3, 0.4) is 0 Å². The molecule has 5 nitrogen and oxygen atoms in total. The van der Waals surface area contributed by atoms with E-state index in [9.17, 15) is 9.18 Å². The number of benzene rings is 1. The molecule has 0 aliphatic carbocycles. The summed E-state index contributed by atoms with van der Waals surface area (Å²) >= 11 is 5.97. The molecule has 3 rings (SSSR count). The molecule has 2 aromatic rings. The van der Waals surface area contributed by atoms with Crippen molar-refractivity contribution in [2.45, 2.75) is 31.9 Å². The number of carbonyl (C=O) groups excluding carboxylic acids is 1. The minimum Gasteiger partial charge on any atom is -0.350 e. The van der Waals surface area contributed by atoms with E-state index >= 15 is 4.39 Å². The summed E-state index contributed by atoms with van der Waals surface area (Å²) < 4.78 is 31.3. The summed E-state index contributed by atoms with van der Waals surface area (Å²) in [4.78, 5) is 24.6. The Morgan fingerprint density at radius 1 is 1.05 bits per heavy atom. The third-order valence-corrected chi connectivity index (χ3v) is 9.37. The van der Waals surface area contributed by atoms with Crippen LogP contribution >= 0.6 is 11.6 Å². The van der Waals surface area contributed by atoms with E-state index in [-0.39, 0.29) is 34.7 Å². The van der Waals surface area contributed by atoms with Crippen molar-refractivity contribution in [3.63, 3.8) is 0 Å². The number of alkyl halides is 1. The number of likely N-dealkylation sites (tertiary alicyclic amines) is 1. The second kappa shape index (κ2) is 9.90. The number of hydrogen-bond acceptors (Lipinski definition) is 4. The van der Waals surface area contributed by atoms with Gasteiger partial charge in [-0.05, 0) is 39.5 Å². The molecule has 188 valence electrons. The number of nitrogens with one attached hydrogen (secondary N) is 1. The fourth-order valence-electron chi connectivity index (χ4n) is 5.42. The van der Waals surface area contributed by atoms with Crippen molar-refractivity contribution >= 4 is 104 Å². The first-order valence-electron chi connectivity index (χ1n) is 13.1. The molecule has 38 heavy (non-hydrogen) atoms. The Balaban J connectivity index is 1.92. The van der Waals surface area contributed by atoms with Crippen LogP contribution in [-0.2, 0) is 10.5 Å². The topological polar surface area (TPSA) is 58.1 Å². The lowest BCUT2D eigenvalue weighted by molar-refractivity contribution is 0.00270. The molecule has 1 atom stereocenters. The maximum Gasteiger partial charge on any atom is 0.252 e. The molecule has 0 saturated carbocycles. The van der Waals surface area contributed by atoms with Gasteiger partial charge in [0.25, 0.3) is 5.91 Å². The van der Waals surface area contributed by atoms with Crippen LogP contribution in [0.25, 0.3) is 0 Å². The number of hydrogen-bond donors (Lipinski definition) is 1. The van der Waals surface area contributed by atoms with E-state index < -0.39 is 32.6 Å². The Kier molecular flexibility index (Phi) is 8.11. The Bertz CT molecular complexity index is 1230. The molecule has 1 fully saturated rings. The molecule has 2 heterocycles. The number of nitrogens with zero attached hydrogens (tertiary/aromatic N) is 3. The Labute approximate surface area is 240 Å². The fourth-order valence-corrected chi connectivity index (χ4v) is 5.60. The number of piperidine rings is 1. The van der Waals surface area contributed by atoms with Gasteiger partial charge in [0.05, 0.1) is 28.6 Å². The maximum absolute atomic E-state index is 17.5. The molecule has 0 spiro atoms. The van der Waals surface area contributed by atoms with Crippen LogP contribution in [0.4, 0.5) is 8.78 Å². The van der Waals surface area contributed by atoms with Gasteiger partial charge in [0.1, 0.15) is 80.1 Å². The number of halogens is 3. The molecule has 1 aliphatic heterocycles. The van der Waals surface area contributed by atoms with Crippen molar-refractivity contribution in [3.05, 3.63) is 58.4 Å². The summed E-state index contributed by atoms with van der Waals surface area (Å²) in [5.41, 5.74) is -0.413. The highest BCUT2D eigenvalue weighted by Gasteiger charge is 2.66. The van der Waals surface area contributed by atoms with Gasteiger partial charge in [0, 0.05) is 36.4 Å². The number of carbonyl (C=O) groups is 1. The highest BCUT2D eigenvalue weighted by molar-refractivity contribution is 6.59. The number of amides is 1. The molecule has 1 amide bonds. The second-order valence-electron chi connectivity index (χ2n) is 13.9. The molecule has 0 radical (unpaired) electrons. The van der Waals surface area contributed by atoms with Crippen molar-refractivity contribution in [3.8, 4) is 0 Å². The SMILES string of the molecule is BC(B)(B)c1cnc(C(B)(B)NCC2(F)C(B)(B)CN(C(=O)c3ccc(F)c(Cl)c3)C(B)(B)C2(B)B)nc1. The molecule has 1 saturated heterocycles. The molecule has 0 bridgehead atoms. The zero-order valence-electron chi connectivity index (χ0n) is 24.7. The number of aromatic nitrogens is 2. The zero-order valence-corrected chi connectivity index (χ0v) is 25.4. The van der Waals surface area contributed by atoms with Crippen LogP contribution in [0, 0.1) is 5.82 Å². The van der Waals surface area contributed by atoms with Gasteiger partial charge in [-0.15, -0.1) is 0 Å². The maximum atomic E-state index is 17.5. The normalized spacial score (nSPS) is 22.6. The van der Waals surface area contributed by atoms with Gasteiger partial charge >= 0.3 is 0 Å². The lowest BCUT2D eigenvalue weighted by Crippen LogP contribution is -2.77. The molecule has 1 aliphatic rings. The predicted molar refractivity (Wildman–Crippen MR) is 182 cm³/mol. The van der Waals surface area contributed by atoms with Gasteiger partial charge in [0.2, 0.25) is 0 Å². The summed E-state index contributed by atoms with van der Waals surface area (Å²) in [7, 11) is 21.4. The van der Waals surface area contributed by atoms with Crippen molar-refractivity contribution in [2.75, 3.05) is 13.1 Å². The minimum atomic E-state index is -1.72. The monoisotopic (exact) mass is 526 g/mol. The smallest absolute Gasteiger partial charge is 0.252 e. The van der Waals surface area contributed by atoms with Gasteiger partial charge in [-0.3, -0.25) is 4.79 Å². The summed E-state index contributed by atoms with van der Waals surface area (Å²) in [6, 6.07) is 3.94. The van der Waals surface area contributed by atoms with Crippen molar-refractivity contribution in [1.82, 2.24) is 20.2 Å². The molecular weight excluding hydrogens is 493 g/mol. The summed E-state index contributed by atoms with van der Waals surface area (Å²) in [6.45, 7) is 0.213. The summed E-state index contributed by atoms with van der Waals surface area (Å²) in [6.07, 6.45) is 3.67. The first kappa shape index (κ1) is 31.1. The molecule has 1 aromatic carbocycles. The van der Waals surface area contributed by atoms with E-state index in [0.717, 1.165) is 5.56 Å². The highest BCUT2D eigenvalue weighted by atomic mass is 35.5. The Morgan fingerprint density at radius 2 is 1.61 bits per heavy atom. The van der Waals surface area contributed by atoms with Crippen molar-refractivity contribution < 1.29 is 13.6 Å². The van der Waals surface area contributed by atoms with Crippen molar-refractivity contribution in [2.24, 2.45) is 0 Å². The van der Waals surface area contributed by atoms with Gasteiger partial charge in [-0.1, -0.05) is 16.7 Å². The fraction of sp³-hybridized carbons (Fsp3) is 0.421. The summed E-state index contributed by atoms with van der Waals surface area (Å²) in [5, 5.41) is -0.248. The van der Waals surface area contributed by atoms with Gasteiger partial charge in [-0.2, -0.15) is 0 Å². The van der Waals surface area contributed by atoms with E-state index in [2.05, 4.69) is 38.8 Å². The zero-order chi connectivity index (χ0) is 29.1. The Morgan fingerprint density at radius 3 is 2.11 bits per heavy atom. The average Bonchev–Trinajstić information content (AvgIpc) is 2.80. The number of rotatable bonds is 6. The molecule has 1 N–H and O–H groups in total. The van der Waals surface area contributed by atoms with Crippen LogP contribution < -0.4 is 5.32 Å². The lowest BCUT2D eigenvalue weighted by Gasteiger charge is -2.67. The third-order valence-electron chi connectivity index (χ3n) is 9.08. The highest BCUT2D eigenvalue weighted by Crippen LogP contribution is 2.59. The minimum absolute atomic E-state index is 0.0399. The van der Waals surface area contributed by atoms with Crippen LogP contribution in [0.2, 0.25) is 15.5 Å². The van der Waals surface area contributed by atoms with Crippen molar-refractivity contribution in [1.29, 1.82) is 0 Å². The van der Waals surface area contributed by atoms with Crippen LogP contribution in [-0.4, -0.2) is 131 Å². The van der Waals surface area contributed by atoms with Gasteiger partial charge in [0.15, 0.2) is 0 Å². The van der Waals surface area contributed by atoms with Gasteiger partial charge < -0.3 is 10.2 Å². The van der Waals surface area contributed by atoms with E-state index in [0.29, 0.717) is 5.82 Å². The quantitative estimate of drug-likeness (QED) is 0.382. The van der Waals surface area contributed by atoms with Crippen LogP contribution in [0.1, 0.15) is 21.7 Å². The second-order valence-corrected chi connectivity index (χ2v) is 14.3. The van der Waals surface area contributed by atoms with E-state index in [1.807, 2.05) is 75.2 Å². The van der Waals surface area contributed by atoms with Crippen LogP contribution in [0.5, 0.6) is 0 Å². The third kappa shape index (κ3) is 5.21. The standard InChI is InChI=1S/C19H32B11ClF2N4O/c20-15(21)7-37(12(38)8-1-2-11(32)10(31)3-8)19(29,30)18(27,28)14(15,33)6-36-17(25,26)13-34-4-9(5-35-13)16(22,23)24/h1-5,36H,6-7,20-30H2. The lowest BCUT2D eigenvalue weighted by atomic mass is 9.21. The van der Waals surface area contributed by atoms with E-state index in [1.165, 1.54) is 18.2 Å². The van der Waals surface area contributed by atoms with E-state index in [1.54, 1.807) is 4.90 Å². The van der Waals surface area contributed by atoms with Crippen LogP contribution in [0.15, 0.2) is 30.6 Å². The molecular formula is C19H32B11ClF2N4O. The first-order valence-corrected chi connectivity index (χ1v) is 13.5. The van der Waals surface area contributed by atoms with E-state index in [4.69, 9.17) is 11.6 Å². The largest absolute Gasteiger partial charge is 0.350 e. The predicted octanol–water partition coefficient (Wildman–Crippen LogP) is -8.21. The molecule has 1 aromatic heterocycles. The van der Waals surface area contributed by atoms with Gasteiger partial charge in [-0.25, -0.2) is 18.7 Å². The molecule has 19 heteroatoms. The first-order chi connectivity index (χ1) is 17.1. The Hall–Kier alpha value is -1.41. The average molecular weight is 525 g/mol.